The third-order valence-corrected chi connectivity index (χ3v) is 3.92. The van der Waals surface area contributed by atoms with Crippen LogP contribution in [-0.4, -0.2) is 28.9 Å². The summed E-state index contributed by atoms with van der Waals surface area (Å²) >= 11 is 0. The van der Waals surface area contributed by atoms with Crippen LogP contribution in [0.1, 0.15) is 15.9 Å². The number of halogens is 1. The highest BCUT2D eigenvalue weighted by Gasteiger charge is 2.15. The highest BCUT2D eigenvalue weighted by atomic mass is 19.1. The standard InChI is InChI=1S/C19H16FN3O3/c20-15-3-1-2-13(10-15)12-23-7-6-18(22-23)21-19(24)14-4-5-16-17(11-14)26-9-8-25-16/h1-7,10-11H,8-9,12H2,(H,21,22,24). The first-order valence-corrected chi connectivity index (χ1v) is 8.16. The van der Waals surface area contributed by atoms with Crippen molar-refractivity contribution in [3.8, 4) is 11.5 Å². The first-order chi connectivity index (χ1) is 12.7. The molecule has 0 atom stereocenters. The van der Waals surface area contributed by atoms with E-state index in [0.717, 1.165) is 5.56 Å². The van der Waals surface area contributed by atoms with Crippen LogP contribution < -0.4 is 14.8 Å². The zero-order valence-electron chi connectivity index (χ0n) is 13.8. The molecule has 0 saturated carbocycles. The molecule has 1 aliphatic rings. The molecule has 1 amide bonds. The summed E-state index contributed by atoms with van der Waals surface area (Å²) in [7, 11) is 0. The smallest absolute Gasteiger partial charge is 0.257 e. The maximum Gasteiger partial charge on any atom is 0.257 e. The third-order valence-electron chi connectivity index (χ3n) is 3.92. The average Bonchev–Trinajstić information content (AvgIpc) is 3.08. The van der Waals surface area contributed by atoms with Gasteiger partial charge in [-0.05, 0) is 35.9 Å². The molecule has 132 valence electrons. The zero-order chi connectivity index (χ0) is 17.9. The number of ether oxygens (including phenoxy) is 2. The average molecular weight is 353 g/mol. The molecule has 6 nitrogen and oxygen atoms in total. The number of anilines is 1. The summed E-state index contributed by atoms with van der Waals surface area (Å²) in [5, 5.41) is 7.04. The number of fused-ring (bicyclic) bond motifs is 1. The molecule has 4 rings (SSSR count). The molecule has 0 radical (unpaired) electrons. The van der Waals surface area contributed by atoms with E-state index in [4.69, 9.17) is 9.47 Å². The van der Waals surface area contributed by atoms with Gasteiger partial charge in [0.2, 0.25) is 0 Å². The molecule has 0 spiro atoms. The number of nitrogens with zero attached hydrogens (tertiary/aromatic N) is 2. The van der Waals surface area contributed by atoms with E-state index in [1.165, 1.54) is 12.1 Å². The van der Waals surface area contributed by atoms with Crippen molar-refractivity contribution in [2.45, 2.75) is 6.54 Å². The van der Waals surface area contributed by atoms with E-state index in [2.05, 4.69) is 10.4 Å². The molecule has 1 aromatic heterocycles. The maximum absolute atomic E-state index is 13.2. The lowest BCUT2D eigenvalue weighted by Crippen LogP contribution is -2.17. The van der Waals surface area contributed by atoms with Crippen LogP contribution in [0.25, 0.3) is 0 Å². The molecule has 1 aliphatic heterocycles. The van der Waals surface area contributed by atoms with Crippen LogP contribution in [0.5, 0.6) is 11.5 Å². The molecule has 2 aromatic carbocycles. The molecule has 7 heteroatoms. The van der Waals surface area contributed by atoms with Crippen molar-refractivity contribution >= 4 is 11.7 Å². The van der Waals surface area contributed by atoms with Gasteiger partial charge >= 0.3 is 0 Å². The Morgan fingerprint density at radius 1 is 1.12 bits per heavy atom. The first kappa shape index (κ1) is 16.1. The molecule has 0 unspecified atom stereocenters. The molecule has 1 N–H and O–H groups in total. The fourth-order valence-corrected chi connectivity index (χ4v) is 2.71. The summed E-state index contributed by atoms with van der Waals surface area (Å²) < 4.78 is 25.8. The Kier molecular flexibility index (Phi) is 4.27. The lowest BCUT2D eigenvalue weighted by molar-refractivity contribution is 0.102. The van der Waals surface area contributed by atoms with Crippen LogP contribution >= 0.6 is 0 Å². The summed E-state index contributed by atoms with van der Waals surface area (Å²) in [6, 6.07) is 13.0. The lowest BCUT2D eigenvalue weighted by atomic mass is 10.2. The van der Waals surface area contributed by atoms with Crippen LogP contribution in [0.4, 0.5) is 10.2 Å². The van der Waals surface area contributed by atoms with Gasteiger partial charge in [-0.3, -0.25) is 9.48 Å². The van der Waals surface area contributed by atoms with Crippen LogP contribution in [0, 0.1) is 5.82 Å². The van der Waals surface area contributed by atoms with E-state index in [1.807, 2.05) is 6.07 Å². The number of aromatic nitrogens is 2. The lowest BCUT2D eigenvalue weighted by Gasteiger charge is -2.18. The summed E-state index contributed by atoms with van der Waals surface area (Å²) in [6.07, 6.45) is 1.73. The predicted octanol–water partition coefficient (Wildman–Crippen LogP) is 3.09. The third kappa shape index (κ3) is 3.51. The second-order valence-electron chi connectivity index (χ2n) is 5.84. The number of hydrogen-bond acceptors (Lipinski definition) is 4. The molecule has 0 fully saturated rings. The number of carbonyl (C=O) groups excluding carboxylic acids is 1. The quantitative estimate of drug-likeness (QED) is 0.783. The Bertz CT molecular complexity index is 955. The Morgan fingerprint density at radius 3 is 2.81 bits per heavy atom. The second kappa shape index (κ2) is 6.87. The van der Waals surface area contributed by atoms with Gasteiger partial charge in [0, 0.05) is 17.8 Å². The van der Waals surface area contributed by atoms with Crippen molar-refractivity contribution in [2.75, 3.05) is 18.5 Å². The van der Waals surface area contributed by atoms with Gasteiger partial charge in [-0.1, -0.05) is 12.1 Å². The van der Waals surface area contributed by atoms with Gasteiger partial charge in [0.05, 0.1) is 6.54 Å². The molecule has 26 heavy (non-hydrogen) atoms. The summed E-state index contributed by atoms with van der Waals surface area (Å²) in [5.74, 6) is 1.02. The topological polar surface area (TPSA) is 65.4 Å². The number of nitrogens with one attached hydrogen (secondary N) is 1. The molecule has 2 heterocycles. The second-order valence-corrected chi connectivity index (χ2v) is 5.84. The van der Waals surface area contributed by atoms with Crippen molar-refractivity contribution in [1.82, 2.24) is 9.78 Å². The minimum Gasteiger partial charge on any atom is -0.486 e. The van der Waals surface area contributed by atoms with Gasteiger partial charge < -0.3 is 14.8 Å². The van der Waals surface area contributed by atoms with Gasteiger partial charge in [-0.25, -0.2) is 4.39 Å². The number of benzene rings is 2. The van der Waals surface area contributed by atoms with E-state index in [1.54, 1.807) is 41.2 Å². The zero-order valence-corrected chi connectivity index (χ0v) is 13.8. The number of hydrogen-bond donors (Lipinski definition) is 1. The fraction of sp³-hybridized carbons (Fsp3) is 0.158. The Morgan fingerprint density at radius 2 is 1.96 bits per heavy atom. The van der Waals surface area contributed by atoms with Gasteiger partial charge in [0.25, 0.3) is 5.91 Å². The molecule has 0 aliphatic carbocycles. The fourth-order valence-electron chi connectivity index (χ4n) is 2.71. The largest absolute Gasteiger partial charge is 0.486 e. The SMILES string of the molecule is O=C(Nc1ccn(Cc2cccc(F)c2)n1)c1ccc2c(c1)OCCO2. The van der Waals surface area contributed by atoms with E-state index >= 15 is 0 Å². The molecule has 0 saturated heterocycles. The number of carbonyl (C=O) groups is 1. The monoisotopic (exact) mass is 353 g/mol. The summed E-state index contributed by atoms with van der Waals surface area (Å²) in [4.78, 5) is 12.4. The van der Waals surface area contributed by atoms with Crippen LogP contribution in [0.2, 0.25) is 0 Å². The van der Waals surface area contributed by atoms with Gasteiger partial charge in [-0.2, -0.15) is 5.10 Å². The number of amides is 1. The highest BCUT2D eigenvalue weighted by Crippen LogP contribution is 2.30. The Labute approximate surface area is 149 Å². The normalized spacial score (nSPS) is 12.7. The highest BCUT2D eigenvalue weighted by molar-refractivity contribution is 6.04. The van der Waals surface area contributed by atoms with Crippen molar-refractivity contribution in [3.63, 3.8) is 0 Å². The Hall–Kier alpha value is -3.35. The van der Waals surface area contributed by atoms with E-state index in [9.17, 15) is 9.18 Å². The van der Waals surface area contributed by atoms with Crippen molar-refractivity contribution in [1.29, 1.82) is 0 Å². The predicted molar refractivity (Wildman–Crippen MR) is 93.1 cm³/mol. The molecular weight excluding hydrogens is 337 g/mol. The minimum atomic E-state index is -0.294. The maximum atomic E-state index is 13.2. The van der Waals surface area contributed by atoms with Crippen LogP contribution in [0.3, 0.4) is 0 Å². The Balaban J connectivity index is 1.44. The van der Waals surface area contributed by atoms with Gasteiger partial charge in [-0.15, -0.1) is 0 Å². The van der Waals surface area contributed by atoms with Crippen LogP contribution in [-0.2, 0) is 6.54 Å². The van der Waals surface area contributed by atoms with E-state index < -0.39 is 0 Å². The van der Waals surface area contributed by atoms with Gasteiger partial charge in [0.15, 0.2) is 17.3 Å². The van der Waals surface area contributed by atoms with Crippen molar-refractivity contribution in [3.05, 3.63) is 71.7 Å². The molecular formula is C19H16FN3O3. The van der Waals surface area contributed by atoms with Gasteiger partial charge in [0.1, 0.15) is 19.0 Å². The van der Waals surface area contributed by atoms with E-state index in [0.29, 0.717) is 42.6 Å². The van der Waals surface area contributed by atoms with Crippen molar-refractivity contribution < 1.29 is 18.7 Å². The number of rotatable bonds is 4. The summed E-state index contributed by atoms with van der Waals surface area (Å²) in [5.41, 5.74) is 1.24. The van der Waals surface area contributed by atoms with E-state index in [-0.39, 0.29) is 11.7 Å². The minimum absolute atomic E-state index is 0.290. The van der Waals surface area contributed by atoms with Crippen molar-refractivity contribution in [2.24, 2.45) is 0 Å². The molecule has 3 aromatic rings. The van der Waals surface area contributed by atoms with Crippen LogP contribution in [0.15, 0.2) is 54.7 Å². The summed E-state index contributed by atoms with van der Waals surface area (Å²) in [6.45, 7) is 1.38. The first-order valence-electron chi connectivity index (χ1n) is 8.16. The molecule has 0 bridgehead atoms.